The first-order valence-corrected chi connectivity index (χ1v) is 6.40. The topological polar surface area (TPSA) is 98.7 Å². The van der Waals surface area contributed by atoms with Gasteiger partial charge in [0.1, 0.15) is 6.54 Å². The Bertz CT molecular complexity index is 366. The maximum Gasteiger partial charge on any atom is 0.317 e. The summed E-state index contributed by atoms with van der Waals surface area (Å²) < 4.78 is 0. The van der Waals surface area contributed by atoms with Gasteiger partial charge < -0.3 is 20.6 Å². The van der Waals surface area contributed by atoms with Crippen molar-refractivity contribution >= 4 is 17.9 Å². The second kappa shape index (κ2) is 6.40. The second-order valence-corrected chi connectivity index (χ2v) is 4.95. The predicted octanol–water partition coefficient (Wildman–Crippen LogP) is 0.0188. The first-order valence-electron chi connectivity index (χ1n) is 6.40. The largest absolute Gasteiger partial charge is 0.481 e. The molecule has 1 rings (SSSR count). The van der Waals surface area contributed by atoms with Crippen LogP contribution in [-0.2, 0) is 9.59 Å². The van der Waals surface area contributed by atoms with Crippen molar-refractivity contribution in [3.8, 4) is 0 Å². The van der Waals surface area contributed by atoms with Gasteiger partial charge in [0.2, 0.25) is 5.91 Å². The number of nitrogens with zero attached hydrogens (tertiary/aromatic N) is 1. The van der Waals surface area contributed by atoms with Crippen molar-refractivity contribution in [3.05, 3.63) is 0 Å². The fraction of sp³-hybridized carbons (Fsp3) is 0.750. The van der Waals surface area contributed by atoms with Gasteiger partial charge in [0.15, 0.2) is 0 Å². The number of carboxylic acid groups (broad SMARTS) is 1. The van der Waals surface area contributed by atoms with Crippen molar-refractivity contribution in [2.75, 3.05) is 26.7 Å². The molecule has 0 atom stereocenters. The lowest BCUT2D eigenvalue weighted by Crippen LogP contribution is -2.45. The molecule has 1 fully saturated rings. The minimum Gasteiger partial charge on any atom is -0.481 e. The van der Waals surface area contributed by atoms with E-state index in [4.69, 9.17) is 5.11 Å². The van der Waals surface area contributed by atoms with Crippen LogP contribution in [0, 0.1) is 5.41 Å². The van der Waals surface area contributed by atoms with Crippen LogP contribution in [0.1, 0.15) is 26.2 Å². The van der Waals surface area contributed by atoms with Crippen molar-refractivity contribution in [2.24, 2.45) is 5.41 Å². The molecule has 1 aliphatic carbocycles. The highest BCUT2D eigenvalue weighted by Gasteiger charge is 2.50. The number of aliphatic carboxylic acids is 1. The summed E-state index contributed by atoms with van der Waals surface area (Å²) in [4.78, 5) is 35.3. The Hall–Kier alpha value is -1.79. The fourth-order valence-electron chi connectivity index (χ4n) is 1.60. The van der Waals surface area contributed by atoms with Crippen LogP contribution in [0.15, 0.2) is 0 Å². The maximum atomic E-state index is 11.7. The third-order valence-electron chi connectivity index (χ3n) is 3.18. The highest BCUT2D eigenvalue weighted by Crippen LogP contribution is 2.45. The minimum atomic E-state index is -0.879. The zero-order valence-corrected chi connectivity index (χ0v) is 11.4. The summed E-state index contributed by atoms with van der Waals surface area (Å²) in [6, 6.07) is -0.431. The quantitative estimate of drug-likeness (QED) is 0.608. The van der Waals surface area contributed by atoms with E-state index in [1.807, 2.05) is 6.92 Å². The monoisotopic (exact) mass is 271 g/mol. The molecule has 0 bridgehead atoms. The number of rotatable bonds is 7. The molecule has 1 aliphatic rings. The molecule has 0 spiro atoms. The molecule has 0 unspecified atom stereocenters. The number of urea groups is 1. The molecule has 7 heteroatoms. The van der Waals surface area contributed by atoms with Crippen LogP contribution in [0.25, 0.3) is 0 Å². The zero-order chi connectivity index (χ0) is 14.5. The molecule has 0 aliphatic heterocycles. The molecule has 3 N–H and O–H groups in total. The number of nitrogens with one attached hydrogen (secondary N) is 2. The van der Waals surface area contributed by atoms with Gasteiger partial charge in [0.05, 0.1) is 5.41 Å². The van der Waals surface area contributed by atoms with E-state index in [-0.39, 0.29) is 19.0 Å². The molecule has 0 aromatic rings. The summed E-state index contributed by atoms with van der Waals surface area (Å²) in [6.07, 6.45) is 2.01. The van der Waals surface area contributed by atoms with Crippen LogP contribution in [-0.4, -0.2) is 54.6 Å². The average Bonchev–Trinajstić information content (AvgIpc) is 3.14. The molecule has 0 aromatic carbocycles. The Labute approximate surface area is 112 Å². The van der Waals surface area contributed by atoms with Crippen LogP contribution in [0.4, 0.5) is 4.79 Å². The van der Waals surface area contributed by atoms with E-state index in [0.29, 0.717) is 19.4 Å². The first-order chi connectivity index (χ1) is 8.91. The van der Waals surface area contributed by atoms with Crippen LogP contribution in [0.5, 0.6) is 0 Å². The number of amides is 3. The third-order valence-corrected chi connectivity index (χ3v) is 3.18. The number of hydrogen-bond acceptors (Lipinski definition) is 3. The second-order valence-electron chi connectivity index (χ2n) is 4.95. The van der Waals surface area contributed by atoms with Crippen molar-refractivity contribution in [1.82, 2.24) is 15.5 Å². The summed E-state index contributed by atoms with van der Waals surface area (Å²) >= 11 is 0. The molecule has 3 amide bonds. The number of likely N-dealkylation sites (N-methyl/N-ethyl adjacent to an activating group) is 1. The van der Waals surface area contributed by atoms with Crippen LogP contribution in [0.2, 0.25) is 0 Å². The molecule has 1 saturated carbocycles. The highest BCUT2D eigenvalue weighted by molar-refractivity contribution is 5.84. The van der Waals surface area contributed by atoms with E-state index in [0.717, 1.165) is 6.42 Å². The van der Waals surface area contributed by atoms with Gasteiger partial charge in [-0.15, -0.1) is 0 Å². The molecule has 19 heavy (non-hydrogen) atoms. The molecular weight excluding hydrogens is 250 g/mol. The number of carboxylic acids is 1. The molecule has 7 nitrogen and oxygen atoms in total. The van der Waals surface area contributed by atoms with Gasteiger partial charge >= 0.3 is 12.0 Å². The van der Waals surface area contributed by atoms with Crippen molar-refractivity contribution < 1.29 is 19.5 Å². The molecule has 0 aromatic heterocycles. The van der Waals surface area contributed by atoms with Gasteiger partial charge in [0.25, 0.3) is 0 Å². The van der Waals surface area contributed by atoms with Crippen LogP contribution >= 0.6 is 0 Å². The van der Waals surface area contributed by atoms with Crippen molar-refractivity contribution in [1.29, 1.82) is 0 Å². The van der Waals surface area contributed by atoms with E-state index >= 15 is 0 Å². The Morgan fingerprint density at radius 2 is 1.89 bits per heavy atom. The molecular formula is C12H21N3O4. The van der Waals surface area contributed by atoms with E-state index in [1.165, 1.54) is 11.9 Å². The lowest BCUT2D eigenvalue weighted by Gasteiger charge is -2.19. The fourth-order valence-corrected chi connectivity index (χ4v) is 1.60. The molecule has 0 radical (unpaired) electrons. The summed E-state index contributed by atoms with van der Waals surface area (Å²) in [5.74, 6) is -1.10. The van der Waals surface area contributed by atoms with E-state index in [1.54, 1.807) is 0 Å². The van der Waals surface area contributed by atoms with E-state index in [2.05, 4.69) is 10.6 Å². The highest BCUT2D eigenvalue weighted by atomic mass is 16.4. The molecule has 0 heterocycles. The SMILES string of the molecule is CCCNC(=O)CN(C)C(=O)NCC1(C(=O)O)CC1. The van der Waals surface area contributed by atoms with Gasteiger partial charge in [0, 0.05) is 20.1 Å². The van der Waals surface area contributed by atoms with Crippen molar-refractivity contribution in [2.45, 2.75) is 26.2 Å². The maximum absolute atomic E-state index is 11.7. The van der Waals surface area contributed by atoms with E-state index < -0.39 is 17.4 Å². The Morgan fingerprint density at radius 3 is 2.37 bits per heavy atom. The van der Waals surface area contributed by atoms with Gasteiger partial charge in [-0.25, -0.2) is 4.79 Å². The number of hydrogen-bond donors (Lipinski definition) is 3. The average molecular weight is 271 g/mol. The Kier molecular flexibility index (Phi) is 5.14. The predicted molar refractivity (Wildman–Crippen MR) is 68.6 cm³/mol. The first kappa shape index (κ1) is 15.3. The Balaban J connectivity index is 2.29. The van der Waals surface area contributed by atoms with Crippen molar-refractivity contribution in [3.63, 3.8) is 0 Å². The van der Waals surface area contributed by atoms with E-state index in [9.17, 15) is 14.4 Å². The Morgan fingerprint density at radius 1 is 1.26 bits per heavy atom. The van der Waals surface area contributed by atoms with Gasteiger partial charge in [-0.1, -0.05) is 6.92 Å². The lowest BCUT2D eigenvalue weighted by atomic mass is 10.1. The van der Waals surface area contributed by atoms with Gasteiger partial charge in [-0.2, -0.15) is 0 Å². The smallest absolute Gasteiger partial charge is 0.317 e. The summed E-state index contributed by atoms with van der Waals surface area (Å²) in [7, 11) is 1.50. The van der Waals surface area contributed by atoms with Gasteiger partial charge in [-0.05, 0) is 19.3 Å². The lowest BCUT2D eigenvalue weighted by molar-refractivity contribution is -0.143. The normalized spacial score (nSPS) is 15.5. The van der Waals surface area contributed by atoms with Gasteiger partial charge in [-0.3, -0.25) is 9.59 Å². The summed E-state index contributed by atoms with van der Waals surface area (Å²) in [6.45, 7) is 2.60. The third kappa shape index (κ3) is 4.42. The van der Waals surface area contributed by atoms with Crippen LogP contribution < -0.4 is 10.6 Å². The zero-order valence-electron chi connectivity index (χ0n) is 11.4. The standard InChI is InChI=1S/C12H21N3O4/c1-3-6-13-9(16)7-15(2)11(19)14-8-12(4-5-12)10(17)18/h3-8H2,1-2H3,(H,13,16)(H,14,19)(H,17,18). The molecule has 108 valence electrons. The van der Waals surface area contributed by atoms with Crippen LogP contribution in [0.3, 0.4) is 0 Å². The molecule has 0 saturated heterocycles. The summed E-state index contributed by atoms with van der Waals surface area (Å²) in [5, 5.41) is 14.2. The minimum absolute atomic E-state index is 0.0358. The number of carbonyl (C=O) groups excluding carboxylic acids is 2. The summed E-state index contributed by atoms with van der Waals surface area (Å²) in [5.41, 5.74) is -0.791. The number of carbonyl (C=O) groups is 3.